The van der Waals surface area contributed by atoms with Crippen molar-refractivity contribution in [1.82, 2.24) is 14.8 Å². The summed E-state index contributed by atoms with van der Waals surface area (Å²) in [6, 6.07) is 6.11. The van der Waals surface area contributed by atoms with Crippen molar-refractivity contribution in [2.24, 2.45) is 10.9 Å². The van der Waals surface area contributed by atoms with E-state index < -0.39 is 0 Å². The Balaban J connectivity index is 1.89. The number of rotatable bonds is 8. The minimum atomic E-state index is 0.195. The van der Waals surface area contributed by atoms with Gasteiger partial charge in [-0.3, -0.25) is 0 Å². The second kappa shape index (κ2) is 10.7. The first-order valence-electron chi connectivity index (χ1n) is 12.0. The first-order chi connectivity index (χ1) is 16.4. The van der Waals surface area contributed by atoms with Gasteiger partial charge in [-0.2, -0.15) is 0 Å². The number of aromatic nitrogens is 3. The van der Waals surface area contributed by atoms with E-state index in [0.717, 1.165) is 59.3 Å². The van der Waals surface area contributed by atoms with E-state index in [9.17, 15) is 0 Å². The topological polar surface area (TPSA) is 64.8 Å². The third-order valence-electron chi connectivity index (χ3n) is 6.08. The smallest absolute Gasteiger partial charge is 0.213 e. The van der Waals surface area contributed by atoms with E-state index in [1.807, 2.05) is 18.2 Å². The summed E-state index contributed by atoms with van der Waals surface area (Å²) >= 11 is 6.43. The van der Waals surface area contributed by atoms with E-state index >= 15 is 0 Å². The van der Waals surface area contributed by atoms with Crippen LogP contribution in [0.3, 0.4) is 0 Å². The molecule has 1 unspecified atom stereocenters. The normalized spacial score (nSPS) is 19.2. The molecule has 34 heavy (non-hydrogen) atoms. The van der Waals surface area contributed by atoms with Gasteiger partial charge in [-0.15, -0.1) is 10.2 Å². The molecular weight excluding hydrogens is 450 g/mol. The van der Waals surface area contributed by atoms with Crippen molar-refractivity contribution < 1.29 is 9.47 Å². The molecule has 0 aliphatic carbocycles. The average molecular weight is 484 g/mol. The van der Waals surface area contributed by atoms with Crippen molar-refractivity contribution in [3.8, 4) is 11.4 Å². The summed E-state index contributed by atoms with van der Waals surface area (Å²) in [6.07, 6.45) is 7.42. The van der Waals surface area contributed by atoms with Crippen molar-refractivity contribution in [3.63, 3.8) is 0 Å². The van der Waals surface area contributed by atoms with Crippen LogP contribution in [0.5, 0.6) is 0 Å². The Morgan fingerprint density at radius 1 is 1.32 bits per heavy atom. The SMILES string of the molecule is CCC/C=C/N1/C(=C(\C)C2=NC(CC(C)C)CO2)Cn2c(COC)nnc2-c2cc(Cl)ccc21. The van der Waals surface area contributed by atoms with Crippen LogP contribution in [-0.2, 0) is 22.6 Å². The van der Waals surface area contributed by atoms with Crippen molar-refractivity contribution in [2.75, 3.05) is 18.6 Å². The van der Waals surface area contributed by atoms with Crippen LogP contribution < -0.4 is 4.90 Å². The predicted molar refractivity (Wildman–Crippen MR) is 137 cm³/mol. The number of ether oxygens (including phenoxy) is 2. The lowest BCUT2D eigenvalue weighted by molar-refractivity contribution is 0.174. The zero-order valence-electron chi connectivity index (χ0n) is 20.7. The van der Waals surface area contributed by atoms with Gasteiger partial charge in [0.15, 0.2) is 11.6 Å². The fourth-order valence-corrected chi connectivity index (χ4v) is 4.60. The van der Waals surface area contributed by atoms with Gasteiger partial charge in [0.05, 0.1) is 24.0 Å². The summed E-state index contributed by atoms with van der Waals surface area (Å²) < 4.78 is 13.6. The minimum absolute atomic E-state index is 0.195. The summed E-state index contributed by atoms with van der Waals surface area (Å²) in [5.74, 6) is 2.83. The fourth-order valence-electron chi connectivity index (χ4n) is 4.43. The quantitative estimate of drug-likeness (QED) is 0.461. The first-order valence-corrected chi connectivity index (χ1v) is 12.4. The molecule has 0 fully saturated rings. The van der Waals surface area contributed by atoms with Gasteiger partial charge in [-0.1, -0.05) is 44.9 Å². The molecule has 0 saturated carbocycles. The highest BCUT2D eigenvalue weighted by atomic mass is 35.5. The van der Waals surface area contributed by atoms with Crippen LogP contribution in [-0.4, -0.2) is 40.4 Å². The van der Waals surface area contributed by atoms with Crippen LogP contribution in [0.15, 0.2) is 46.7 Å². The molecule has 7 nitrogen and oxygen atoms in total. The molecule has 1 aromatic carbocycles. The van der Waals surface area contributed by atoms with Gasteiger partial charge in [0.25, 0.3) is 0 Å². The number of methoxy groups -OCH3 is 1. The number of fused-ring (bicyclic) bond motifs is 3. The van der Waals surface area contributed by atoms with Gasteiger partial charge in [0, 0.05) is 29.5 Å². The first kappa shape index (κ1) is 24.5. The number of hydrogen-bond acceptors (Lipinski definition) is 6. The molecule has 0 spiro atoms. The summed E-state index contributed by atoms with van der Waals surface area (Å²) in [4.78, 5) is 7.16. The second-order valence-electron chi connectivity index (χ2n) is 9.26. The number of allylic oxidation sites excluding steroid dienone is 2. The van der Waals surface area contributed by atoms with Crippen molar-refractivity contribution in [2.45, 2.75) is 66.2 Å². The number of nitrogens with zero attached hydrogens (tertiary/aromatic N) is 5. The van der Waals surface area contributed by atoms with E-state index in [2.05, 4.69) is 59.6 Å². The van der Waals surface area contributed by atoms with E-state index in [0.29, 0.717) is 30.7 Å². The van der Waals surface area contributed by atoms with Crippen molar-refractivity contribution in [3.05, 3.63) is 52.6 Å². The highest BCUT2D eigenvalue weighted by molar-refractivity contribution is 6.31. The zero-order valence-corrected chi connectivity index (χ0v) is 21.5. The van der Waals surface area contributed by atoms with Gasteiger partial charge in [-0.25, -0.2) is 4.99 Å². The fraction of sp³-hybridized carbons (Fsp3) is 0.500. The lowest BCUT2D eigenvalue weighted by Gasteiger charge is -2.25. The van der Waals surface area contributed by atoms with Gasteiger partial charge in [0.2, 0.25) is 5.90 Å². The van der Waals surface area contributed by atoms with Crippen LogP contribution in [0.4, 0.5) is 5.69 Å². The highest BCUT2D eigenvalue weighted by Gasteiger charge is 2.30. The predicted octanol–water partition coefficient (Wildman–Crippen LogP) is 6.00. The van der Waals surface area contributed by atoms with Crippen LogP contribution >= 0.6 is 11.6 Å². The van der Waals surface area contributed by atoms with Gasteiger partial charge < -0.3 is 18.9 Å². The number of unbranched alkanes of at least 4 members (excludes halogenated alkanes) is 1. The lowest BCUT2D eigenvalue weighted by atomic mass is 10.1. The van der Waals surface area contributed by atoms with Gasteiger partial charge >= 0.3 is 0 Å². The van der Waals surface area contributed by atoms with Crippen molar-refractivity contribution in [1.29, 1.82) is 0 Å². The molecule has 3 heterocycles. The Hall–Kier alpha value is -2.64. The molecule has 2 aliphatic heterocycles. The van der Waals surface area contributed by atoms with E-state index in [1.54, 1.807) is 7.11 Å². The minimum Gasteiger partial charge on any atom is -0.475 e. The Bertz CT molecular complexity index is 1120. The number of hydrogen-bond donors (Lipinski definition) is 0. The number of benzene rings is 1. The Morgan fingerprint density at radius 2 is 2.15 bits per heavy atom. The molecular formula is C26H34ClN5O2. The molecule has 8 heteroatoms. The molecule has 0 radical (unpaired) electrons. The molecule has 0 N–H and O–H groups in total. The number of aliphatic imine (C=N–C) groups is 1. The summed E-state index contributed by atoms with van der Waals surface area (Å²) in [5, 5.41) is 9.60. The Morgan fingerprint density at radius 3 is 2.88 bits per heavy atom. The molecule has 0 saturated heterocycles. The molecule has 1 atom stereocenters. The summed E-state index contributed by atoms with van der Waals surface area (Å²) in [7, 11) is 1.67. The van der Waals surface area contributed by atoms with Crippen LogP contribution in [0, 0.1) is 5.92 Å². The Kier molecular flexibility index (Phi) is 7.73. The zero-order chi connectivity index (χ0) is 24.2. The average Bonchev–Trinajstić information content (AvgIpc) is 3.39. The largest absolute Gasteiger partial charge is 0.475 e. The molecule has 2 aliphatic rings. The maximum Gasteiger partial charge on any atom is 0.213 e. The third-order valence-corrected chi connectivity index (χ3v) is 6.31. The molecule has 182 valence electrons. The van der Waals surface area contributed by atoms with Gasteiger partial charge in [0.1, 0.15) is 13.2 Å². The van der Waals surface area contributed by atoms with Crippen LogP contribution in [0.1, 0.15) is 52.8 Å². The number of anilines is 1. The molecule has 0 bridgehead atoms. The van der Waals surface area contributed by atoms with E-state index in [1.165, 1.54) is 0 Å². The van der Waals surface area contributed by atoms with E-state index in [4.69, 9.17) is 26.1 Å². The lowest BCUT2D eigenvalue weighted by Crippen LogP contribution is -2.23. The van der Waals surface area contributed by atoms with E-state index in [-0.39, 0.29) is 6.04 Å². The van der Waals surface area contributed by atoms with Gasteiger partial charge in [-0.05, 0) is 43.9 Å². The van der Waals surface area contributed by atoms with Crippen LogP contribution in [0.2, 0.25) is 5.02 Å². The standard InChI is InChI=1S/C26H34ClN5O2/c1-6-7-8-11-31-22-10-9-19(27)13-21(22)25-30-29-24(16-33-5)32(25)14-23(31)18(4)26-28-20(15-34-26)12-17(2)3/h8-11,13,17,20H,6-7,12,14-16H2,1-5H3/b11-8+,23-18+. The molecule has 1 aromatic heterocycles. The monoisotopic (exact) mass is 483 g/mol. The maximum absolute atomic E-state index is 6.43. The number of halogens is 1. The summed E-state index contributed by atoms with van der Waals surface area (Å²) in [5.41, 5.74) is 4.01. The van der Waals surface area contributed by atoms with Crippen molar-refractivity contribution >= 4 is 23.2 Å². The highest BCUT2D eigenvalue weighted by Crippen LogP contribution is 2.39. The third kappa shape index (κ3) is 5.05. The Labute approximate surface area is 207 Å². The summed E-state index contributed by atoms with van der Waals surface area (Å²) in [6.45, 7) is 10.3. The molecule has 4 rings (SSSR count). The molecule has 2 aromatic rings. The molecule has 0 amide bonds. The maximum atomic E-state index is 6.43. The van der Waals surface area contributed by atoms with Crippen LogP contribution in [0.25, 0.3) is 11.4 Å². The second-order valence-corrected chi connectivity index (χ2v) is 9.70.